The van der Waals surface area contributed by atoms with E-state index in [2.05, 4.69) is 4.98 Å². The number of pyridine rings is 1. The molecule has 0 aromatic carbocycles. The highest BCUT2D eigenvalue weighted by atomic mass is 16.5. The third-order valence-electron chi connectivity index (χ3n) is 5.45. The van der Waals surface area contributed by atoms with E-state index in [9.17, 15) is 9.59 Å². The van der Waals surface area contributed by atoms with Gasteiger partial charge in [0, 0.05) is 63.0 Å². The van der Waals surface area contributed by atoms with Crippen LogP contribution in [0.15, 0.2) is 18.3 Å². The molecule has 142 valence electrons. The van der Waals surface area contributed by atoms with E-state index in [1.807, 2.05) is 9.80 Å². The molecule has 2 aliphatic rings. The summed E-state index contributed by atoms with van der Waals surface area (Å²) < 4.78 is 10.3. The average Bonchev–Trinajstić information content (AvgIpc) is 2.68. The van der Waals surface area contributed by atoms with Crippen LogP contribution in [0.5, 0.6) is 5.88 Å². The maximum atomic E-state index is 13.0. The van der Waals surface area contributed by atoms with E-state index in [4.69, 9.17) is 9.47 Å². The lowest BCUT2D eigenvalue weighted by molar-refractivity contribution is -0.139. The molecule has 3 heterocycles. The fourth-order valence-corrected chi connectivity index (χ4v) is 4.06. The molecule has 0 radical (unpaired) electrons. The number of ether oxygens (including phenoxy) is 2. The van der Waals surface area contributed by atoms with Gasteiger partial charge >= 0.3 is 0 Å². The highest BCUT2D eigenvalue weighted by Crippen LogP contribution is 2.39. The van der Waals surface area contributed by atoms with E-state index in [1.165, 1.54) is 0 Å². The molecule has 1 atom stereocenters. The molecule has 0 aliphatic carbocycles. The Bertz CT molecular complexity index is 666. The number of rotatable bonds is 5. The Morgan fingerprint density at radius 3 is 2.92 bits per heavy atom. The predicted octanol–water partition coefficient (Wildman–Crippen LogP) is 1.58. The maximum Gasteiger partial charge on any atom is 0.254 e. The first-order valence-corrected chi connectivity index (χ1v) is 9.13. The van der Waals surface area contributed by atoms with E-state index in [-0.39, 0.29) is 17.2 Å². The van der Waals surface area contributed by atoms with Crippen molar-refractivity contribution in [3.05, 3.63) is 23.9 Å². The Balaban J connectivity index is 1.71. The molecule has 2 aliphatic heterocycles. The van der Waals surface area contributed by atoms with Gasteiger partial charge in [0.15, 0.2) is 0 Å². The number of aromatic nitrogens is 1. The molecule has 2 fully saturated rings. The third-order valence-corrected chi connectivity index (χ3v) is 5.45. The van der Waals surface area contributed by atoms with Gasteiger partial charge in [-0.1, -0.05) is 0 Å². The summed E-state index contributed by atoms with van der Waals surface area (Å²) in [5.41, 5.74) is 0.587. The summed E-state index contributed by atoms with van der Waals surface area (Å²) >= 11 is 0. The second kappa shape index (κ2) is 8.03. The molecule has 7 heteroatoms. The highest BCUT2D eigenvalue weighted by molar-refractivity contribution is 5.94. The molecular weight excluding hydrogens is 334 g/mol. The highest BCUT2D eigenvalue weighted by Gasteiger charge is 2.42. The first-order chi connectivity index (χ1) is 12.6. The number of carbonyl (C=O) groups is 2. The van der Waals surface area contributed by atoms with E-state index < -0.39 is 0 Å². The van der Waals surface area contributed by atoms with Crippen molar-refractivity contribution >= 4 is 11.8 Å². The van der Waals surface area contributed by atoms with Gasteiger partial charge in [0.2, 0.25) is 11.8 Å². The van der Waals surface area contributed by atoms with Gasteiger partial charge in [-0.15, -0.1) is 0 Å². The molecule has 7 nitrogen and oxygen atoms in total. The van der Waals surface area contributed by atoms with E-state index >= 15 is 0 Å². The van der Waals surface area contributed by atoms with Crippen molar-refractivity contribution in [2.75, 3.05) is 47.0 Å². The Kier molecular flexibility index (Phi) is 5.76. The molecule has 1 spiro atoms. The summed E-state index contributed by atoms with van der Waals surface area (Å²) in [7, 11) is 3.19. The fourth-order valence-electron chi connectivity index (χ4n) is 4.06. The molecule has 3 rings (SSSR count). The Hall–Kier alpha value is -2.15. The maximum absolute atomic E-state index is 13.0. The van der Waals surface area contributed by atoms with Gasteiger partial charge in [0.25, 0.3) is 5.91 Å². The van der Waals surface area contributed by atoms with Crippen molar-refractivity contribution in [3.8, 4) is 5.88 Å². The Labute approximate surface area is 154 Å². The zero-order chi connectivity index (χ0) is 18.6. The Morgan fingerprint density at radius 1 is 1.31 bits per heavy atom. The molecule has 1 aromatic heterocycles. The van der Waals surface area contributed by atoms with Crippen LogP contribution in [0, 0.1) is 5.41 Å². The summed E-state index contributed by atoms with van der Waals surface area (Å²) in [4.78, 5) is 33.0. The number of amides is 2. The summed E-state index contributed by atoms with van der Waals surface area (Å²) in [6.45, 7) is 3.30. The van der Waals surface area contributed by atoms with Crippen LogP contribution in [0.4, 0.5) is 0 Å². The molecule has 2 amide bonds. The second-order valence-electron chi connectivity index (χ2n) is 7.23. The normalized spacial score (nSPS) is 23.4. The summed E-state index contributed by atoms with van der Waals surface area (Å²) in [6, 6.07) is 3.40. The molecule has 0 N–H and O–H groups in total. The van der Waals surface area contributed by atoms with Crippen LogP contribution in [0.1, 0.15) is 36.0 Å². The van der Waals surface area contributed by atoms with Crippen LogP contribution in [-0.4, -0.2) is 73.6 Å². The minimum atomic E-state index is -0.00726. The molecule has 26 heavy (non-hydrogen) atoms. The van der Waals surface area contributed by atoms with Gasteiger partial charge in [0.1, 0.15) is 0 Å². The summed E-state index contributed by atoms with van der Waals surface area (Å²) in [5.74, 6) is 0.636. The predicted molar refractivity (Wildman–Crippen MR) is 96.0 cm³/mol. The van der Waals surface area contributed by atoms with Gasteiger partial charge in [-0.05, 0) is 25.3 Å². The second-order valence-corrected chi connectivity index (χ2v) is 7.23. The number of piperidine rings is 2. The molecule has 0 bridgehead atoms. The lowest BCUT2D eigenvalue weighted by Gasteiger charge is -2.48. The number of hydrogen-bond donors (Lipinski definition) is 0. The number of carbonyl (C=O) groups excluding carboxylic acids is 2. The molecule has 2 saturated heterocycles. The van der Waals surface area contributed by atoms with Crippen molar-refractivity contribution in [1.82, 2.24) is 14.8 Å². The largest absolute Gasteiger partial charge is 0.481 e. The van der Waals surface area contributed by atoms with Gasteiger partial charge in [-0.25, -0.2) is 4.98 Å². The van der Waals surface area contributed by atoms with Crippen molar-refractivity contribution in [2.45, 2.75) is 25.7 Å². The van der Waals surface area contributed by atoms with Crippen molar-refractivity contribution in [2.24, 2.45) is 5.41 Å². The fraction of sp³-hybridized carbons (Fsp3) is 0.632. The van der Waals surface area contributed by atoms with Gasteiger partial charge in [-0.2, -0.15) is 0 Å². The number of likely N-dealkylation sites (tertiary alicyclic amines) is 2. The molecule has 0 unspecified atom stereocenters. The van der Waals surface area contributed by atoms with Gasteiger partial charge in [0.05, 0.1) is 13.7 Å². The van der Waals surface area contributed by atoms with Crippen LogP contribution in [0.25, 0.3) is 0 Å². The lowest BCUT2D eigenvalue weighted by atomic mass is 9.73. The quantitative estimate of drug-likeness (QED) is 0.796. The summed E-state index contributed by atoms with van der Waals surface area (Å²) in [6.07, 6.45) is 5.00. The Morgan fingerprint density at radius 2 is 2.15 bits per heavy atom. The van der Waals surface area contributed by atoms with Crippen molar-refractivity contribution < 1.29 is 19.1 Å². The topological polar surface area (TPSA) is 72.0 Å². The van der Waals surface area contributed by atoms with E-state index in [1.54, 1.807) is 32.5 Å². The summed E-state index contributed by atoms with van der Waals surface area (Å²) in [5, 5.41) is 0. The number of nitrogens with zero attached hydrogens (tertiary/aromatic N) is 3. The van der Waals surface area contributed by atoms with Gasteiger partial charge in [-0.3, -0.25) is 9.59 Å². The first kappa shape index (κ1) is 18.6. The van der Waals surface area contributed by atoms with Crippen LogP contribution in [0.2, 0.25) is 0 Å². The van der Waals surface area contributed by atoms with E-state index in [0.717, 1.165) is 25.8 Å². The SMILES string of the molecule is COCCN1C[C@@]2(CCCN(C(=O)c3ccnc(OC)c3)C2)CCC1=O. The molecular formula is C19H27N3O4. The van der Waals surface area contributed by atoms with Crippen LogP contribution in [0.3, 0.4) is 0 Å². The van der Waals surface area contributed by atoms with Crippen molar-refractivity contribution in [3.63, 3.8) is 0 Å². The van der Waals surface area contributed by atoms with Crippen molar-refractivity contribution in [1.29, 1.82) is 0 Å². The third kappa shape index (κ3) is 3.98. The lowest BCUT2D eigenvalue weighted by Crippen LogP contribution is -2.55. The average molecular weight is 361 g/mol. The minimum absolute atomic E-state index is 0.00474. The zero-order valence-corrected chi connectivity index (χ0v) is 15.6. The smallest absolute Gasteiger partial charge is 0.254 e. The van der Waals surface area contributed by atoms with Gasteiger partial charge < -0.3 is 19.3 Å². The van der Waals surface area contributed by atoms with Crippen LogP contribution < -0.4 is 4.74 Å². The number of hydrogen-bond acceptors (Lipinski definition) is 5. The first-order valence-electron chi connectivity index (χ1n) is 9.13. The molecule has 0 saturated carbocycles. The van der Waals surface area contributed by atoms with Crippen LogP contribution >= 0.6 is 0 Å². The van der Waals surface area contributed by atoms with Crippen LogP contribution in [-0.2, 0) is 9.53 Å². The standard InChI is InChI=1S/C19H27N3O4/c1-25-11-10-21-13-19(7-4-17(21)23)6-3-9-22(14-19)18(24)15-5-8-20-16(12-15)26-2/h5,8,12H,3-4,6-7,9-11,13-14H2,1-2H3/t19-/m1/s1. The monoisotopic (exact) mass is 361 g/mol. The van der Waals surface area contributed by atoms with E-state index in [0.29, 0.717) is 44.1 Å². The minimum Gasteiger partial charge on any atom is -0.481 e. The number of methoxy groups -OCH3 is 2. The molecule has 1 aromatic rings. The zero-order valence-electron chi connectivity index (χ0n) is 15.6.